The van der Waals surface area contributed by atoms with Crippen molar-refractivity contribution in [3.63, 3.8) is 0 Å². The minimum absolute atomic E-state index is 0.147. The van der Waals surface area contributed by atoms with Gasteiger partial charge in [-0.3, -0.25) is 14.2 Å². The van der Waals surface area contributed by atoms with E-state index in [1.807, 2.05) is 13.0 Å². The highest BCUT2D eigenvalue weighted by molar-refractivity contribution is 9.10. The average Bonchev–Trinajstić information content (AvgIpc) is 3.01. The summed E-state index contributed by atoms with van der Waals surface area (Å²) in [6, 6.07) is 5.35. The number of H-pyrrole nitrogens is 1. The monoisotopic (exact) mass is 491 g/mol. The van der Waals surface area contributed by atoms with Crippen LogP contribution in [0.4, 0.5) is 0 Å². The zero-order valence-electron chi connectivity index (χ0n) is 17.3. The van der Waals surface area contributed by atoms with Gasteiger partial charge in [0.1, 0.15) is 0 Å². The highest BCUT2D eigenvalue weighted by Gasteiger charge is 2.27. The number of halogens is 1. The minimum atomic E-state index is -0.523. The largest absolute Gasteiger partial charge is 0.465 e. The molecule has 7 nitrogen and oxygen atoms in total. The molecule has 0 saturated carbocycles. The van der Waals surface area contributed by atoms with Crippen molar-refractivity contribution in [3.05, 3.63) is 55.5 Å². The van der Waals surface area contributed by atoms with Gasteiger partial charge >= 0.3 is 5.97 Å². The lowest BCUT2D eigenvalue weighted by molar-refractivity contribution is 0.0599. The smallest absolute Gasteiger partial charge is 0.339 e. The van der Waals surface area contributed by atoms with Gasteiger partial charge in [0.2, 0.25) is 0 Å². The first-order valence-corrected chi connectivity index (χ1v) is 11.0. The first kappa shape index (κ1) is 22.3. The Hall–Kier alpha value is -2.39. The van der Waals surface area contributed by atoms with E-state index in [1.165, 1.54) is 18.9 Å². The minimum Gasteiger partial charge on any atom is -0.465 e. The van der Waals surface area contributed by atoms with Crippen molar-refractivity contribution in [1.29, 1.82) is 0 Å². The molecule has 0 aliphatic rings. The van der Waals surface area contributed by atoms with Gasteiger partial charge in [0.15, 0.2) is 10.9 Å². The Morgan fingerprint density at radius 1 is 1.33 bits per heavy atom. The van der Waals surface area contributed by atoms with E-state index in [9.17, 15) is 14.4 Å². The summed E-state index contributed by atoms with van der Waals surface area (Å²) in [7, 11) is 1.31. The molecule has 158 valence electrons. The number of Topliss-reactive ketones (excluding diaryl/α,β-unsaturated/α-hetero) is 1. The second-order valence-corrected chi connectivity index (χ2v) is 9.07. The Morgan fingerprint density at radius 2 is 2.03 bits per heavy atom. The third-order valence-corrected chi connectivity index (χ3v) is 6.51. The van der Waals surface area contributed by atoms with Crippen LogP contribution in [0.5, 0.6) is 0 Å². The molecule has 9 heteroatoms. The Kier molecular flexibility index (Phi) is 6.52. The van der Waals surface area contributed by atoms with Crippen LogP contribution >= 0.6 is 27.7 Å². The number of ether oxygens (including phenoxy) is 1. The van der Waals surface area contributed by atoms with Gasteiger partial charge in [-0.2, -0.15) is 0 Å². The van der Waals surface area contributed by atoms with E-state index in [4.69, 9.17) is 4.74 Å². The normalized spacial score (nSPS) is 12.2. The molecular formula is C21H22BrN3O4S. The molecule has 3 rings (SSSR count). The number of fused-ring (bicyclic) bond motifs is 1. The number of hydrogen-bond donors (Lipinski definition) is 1. The van der Waals surface area contributed by atoms with Gasteiger partial charge in [-0.25, -0.2) is 9.78 Å². The average molecular weight is 492 g/mol. The summed E-state index contributed by atoms with van der Waals surface area (Å²) in [5.74, 6) is -0.661. The van der Waals surface area contributed by atoms with Crippen LogP contribution in [0.3, 0.4) is 0 Å². The number of carbonyl (C=O) groups excluding carboxylic acids is 2. The van der Waals surface area contributed by atoms with E-state index in [-0.39, 0.29) is 11.3 Å². The zero-order valence-corrected chi connectivity index (χ0v) is 19.7. The molecule has 0 amide bonds. The number of nitrogens with zero attached hydrogens (tertiary/aromatic N) is 2. The fourth-order valence-electron chi connectivity index (χ4n) is 3.36. The third kappa shape index (κ3) is 3.96. The number of methoxy groups -OCH3 is 1. The molecule has 1 aromatic carbocycles. The van der Waals surface area contributed by atoms with Crippen LogP contribution in [0, 0.1) is 13.8 Å². The third-order valence-electron chi connectivity index (χ3n) is 4.92. The molecule has 0 bridgehead atoms. The van der Waals surface area contributed by atoms with Crippen molar-refractivity contribution in [1.82, 2.24) is 14.5 Å². The summed E-state index contributed by atoms with van der Waals surface area (Å²) in [5.41, 5.74) is 2.31. The quantitative estimate of drug-likeness (QED) is 0.239. The number of thioether (sulfide) groups is 1. The molecule has 1 N–H and O–H groups in total. The number of aromatic amines is 1. The van der Waals surface area contributed by atoms with Crippen molar-refractivity contribution >= 4 is 50.3 Å². The number of esters is 1. The molecule has 0 spiro atoms. The van der Waals surface area contributed by atoms with Crippen molar-refractivity contribution in [3.8, 4) is 0 Å². The SMILES string of the molecule is CCn1c(SC(C)C(=O)c2[nH]c(C)c(C(=O)OC)c2C)nc2ccc(Br)cc2c1=O. The molecule has 2 heterocycles. The van der Waals surface area contributed by atoms with Crippen LogP contribution in [0.25, 0.3) is 10.9 Å². The summed E-state index contributed by atoms with van der Waals surface area (Å²) >= 11 is 4.61. The predicted octanol–water partition coefficient (Wildman–Crippen LogP) is 4.27. The molecule has 2 aromatic heterocycles. The Balaban J connectivity index is 1.98. The fourth-order valence-corrected chi connectivity index (χ4v) is 4.75. The Bertz CT molecular complexity index is 1220. The number of nitrogens with one attached hydrogen (secondary N) is 1. The second-order valence-electron chi connectivity index (χ2n) is 6.85. The maximum absolute atomic E-state index is 13.1. The van der Waals surface area contributed by atoms with Crippen LogP contribution in [0.2, 0.25) is 0 Å². The second kappa shape index (κ2) is 8.77. The lowest BCUT2D eigenvalue weighted by Gasteiger charge is -2.15. The summed E-state index contributed by atoms with van der Waals surface area (Å²) in [4.78, 5) is 45.7. The number of aromatic nitrogens is 3. The number of aryl methyl sites for hydroxylation is 1. The van der Waals surface area contributed by atoms with Gasteiger partial charge in [0.25, 0.3) is 5.56 Å². The standard InChI is InChI=1S/C21H22BrN3O4S/c1-6-25-19(27)14-9-13(22)7-8-15(14)24-21(25)30-12(4)18(26)17-10(2)16(11(3)23-17)20(28)29-5/h7-9,12,23H,6H2,1-5H3. The van der Waals surface area contributed by atoms with Gasteiger partial charge in [0, 0.05) is 16.7 Å². The van der Waals surface area contributed by atoms with E-state index in [0.29, 0.717) is 45.1 Å². The van der Waals surface area contributed by atoms with E-state index < -0.39 is 11.2 Å². The molecule has 0 radical (unpaired) electrons. The van der Waals surface area contributed by atoms with Gasteiger partial charge in [-0.05, 0) is 51.5 Å². The molecule has 0 aliphatic carbocycles. The topological polar surface area (TPSA) is 94.1 Å². The molecular weight excluding hydrogens is 470 g/mol. The number of carbonyl (C=O) groups is 2. The van der Waals surface area contributed by atoms with Crippen LogP contribution < -0.4 is 5.56 Å². The number of benzene rings is 1. The first-order chi connectivity index (χ1) is 14.2. The molecule has 1 atom stereocenters. The van der Waals surface area contributed by atoms with Crippen molar-refractivity contribution in [2.75, 3.05) is 7.11 Å². The van der Waals surface area contributed by atoms with Gasteiger partial charge < -0.3 is 9.72 Å². The van der Waals surface area contributed by atoms with Gasteiger partial charge in [-0.15, -0.1) is 0 Å². The summed E-state index contributed by atoms with van der Waals surface area (Å²) in [6.45, 7) is 7.51. The van der Waals surface area contributed by atoms with E-state index >= 15 is 0 Å². The van der Waals surface area contributed by atoms with Crippen molar-refractivity contribution < 1.29 is 14.3 Å². The summed E-state index contributed by atoms with van der Waals surface area (Å²) in [6.07, 6.45) is 0. The molecule has 1 unspecified atom stereocenters. The first-order valence-electron chi connectivity index (χ1n) is 9.38. The lowest BCUT2D eigenvalue weighted by atomic mass is 10.1. The maximum Gasteiger partial charge on any atom is 0.339 e. The van der Waals surface area contributed by atoms with E-state index in [0.717, 1.165) is 4.47 Å². The fraction of sp³-hybridized carbons (Fsp3) is 0.333. The van der Waals surface area contributed by atoms with E-state index in [1.54, 1.807) is 37.5 Å². The Labute approximate surface area is 186 Å². The molecule has 0 saturated heterocycles. The molecule has 30 heavy (non-hydrogen) atoms. The Morgan fingerprint density at radius 3 is 2.67 bits per heavy atom. The molecule has 0 aliphatic heterocycles. The number of ketones is 1. The maximum atomic E-state index is 13.1. The van der Waals surface area contributed by atoms with Crippen LogP contribution in [-0.4, -0.2) is 38.6 Å². The van der Waals surface area contributed by atoms with Crippen molar-refractivity contribution in [2.45, 2.75) is 44.6 Å². The number of rotatable bonds is 6. The number of hydrogen-bond acceptors (Lipinski definition) is 6. The van der Waals surface area contributed by atoms with Gasteiger partial charge in [-0.1, -0.05) is 27.7 Å². The zero-order chi connectivity index (χ0) is 22.2. The van der Waals surface area contributed by atoms with Crippen LogP contribution in [0.15, 0.2) is 32.6 Å². The van der Waals surface area contributed by atoms with Gasteiger partial charge in [0.05, 0.1) is 34.5 Å². The summed E-state index contributed by atoms with van der Waals surface area (Å²) in [5, 5.41) is 0.477. The van der Waals surface area contributed by atoms with Crippen LogP contribution in [-0.2, 0) is 11.3 Å². The molecule has 0 fully saturated rings. The summed E-state index contributed by atoms with van der Waals surface area (Å²) < 4.78 is 7.18. The van der Waals surface area contributed by atoms with E-state index in [2.05, 4.69) is 25.9 Å². The lowest BCUT2D eigenvalue weighted by Crippen LogP contribution is -2.24. The predicted molar refractivity (Wildman–Crippen MR) is 121 cm³/mol. The van der Waals surface area contributed by atoms with Crippen molar-refractivity contribution in [2.24, 2.45) is 0 Å². The highest BCUT2D eigenvalue weighted by Crippen LogP contribution is 2.28. The molecule has 3 aromatic rings. The van der Waals surface area contributed by atoms with Crippen LogP contribution in [0.1, 0.15) is 46.0 Å². The highest BCUT2D eigenvalue weighted by atomic mass is 79.9.